The fourth-order valence-corrected chi connectivity index (χ4v) is 11.9. The lowest BCUT2D eigenvalue weighted by Crippen LogP contribution is -2.49. The highest BCUT2D eigenvalue weighted by molar-refractivity contribution is 5.84. The summed E-state index contributed by atoms with van der Waals surface area (Å²) in [6.45, 7) is 4.80. The highest BCUT2D eigenvalue weighted by atomic mass is 15.2. The van der Waals surface area contributed by atoms with Gasteiger partial charge < -0.3 is 9.80 Å². The van der Waals surface area contributed by atoms with Crippen molar-refractivity contribution in [3.8, 4) is 11.1 Å². The van der Waals surface area contributed by atoms with E-state index in [1.54, 1.807) is 11.3 Å². The van der Waals surface area contributed by atoms with Crippen molar-refractivity contribution >= 4 is 11.4 Å². The van der Waals surface area contributed by atoms with Gasteiger partial charge in [-0.2, -0.15) is 0 Å². The van der Waals surface area contributed by atoms with Crippen molar-refractivity contribution in [3.63, 3.8) is 0 Å². The topological polar surface area (TPSA) is 6.48 Å². The summed E-state index contributed by atoms with van der Waals surface area (Å²) < 4.78 is 0. The molecule has 6 aliphatic carbocycles. The summed E-state index contributed by atoms with van der Waals surface area (Å²) in [4.78, 5) is 5.65. The van der Waals surface area contributed by atoms with Crippen molar-refractivity contribution < 1.29 is 0 Å². The minimum absolute atomic E-state index is 0.0109. The van der Waals surface area contributed by atoms with Crippen LogP contribution in [0.25, 0.3) is 11.1 Å². The number of para-hydroxylation sites is 1. The Hall–Kier alpha value is -4.04. The van der Waals surface area contributed by atoms with Gasteiger partial charge in [-0.3, -0.25) is 0 Å². The molecule has 7 unspecified atom stereocenters. The number of hydrogen-bond donors (Lipinski definition) is 0. The minimum Gasteiger partial charge on any atom is -0.364 e. The third kappa shape index (κ3) is 5.10. The first-order valence-electron chi connectivity index (χ1n) is 20.4. The number of allylic oxidation sites excluding steroid dienone is 7. The fourth-order valence-electron chi connectivity index (χ4n) is 11.9. The Morgan fingerprint density at radius 3 is 2.41 bits per heavy atom. The molecule has 51 heavy (non-hydrogen) atoms. The van der Waals surface area contributed by atoms with Crippen LogP contribution in [0.1, 0.15) is 95.6 Å². The van der Waals surface area contributed by atoms with Crippen molar-refractivity contribution in [1.29, 1.82) is 0 Å². The largest absolute Gasteiger partial charge is 0.364 e. The molecule has 0 radical (unpaired) electrons. The van der Waals surface area contributed by atoms with Crippen LogP contribution in [0.5, 0.6) is 0 Å². The second-order valence-corrected chi connectivity index (χ2v) is 17.2. The smallest absolute Gasteiger partial charge is 0.0543 e. The van der Waals surface area contributed by atoms with Crippen LogP contribution in [-0.2, 0) is 5.41 Å². The first kappa shape index (κ1) is 31.7. The van der Waals surface area contributed by atoms with E-state index in [2.05, 4.69) is 139 Å². The molecule has 1 saturated carbocycles. The molecule has 1 heterocycles. The summed E-state index contributed by atoms with van der Waals surface area (Å²) in [5.74, 6) is 3.61. The molecule has 7 atom stereocenters. The lowest BCUT2D eigenvalue weighted by atomic mass is 9.71. The van der Waals surface area contributed by atoms with Crippen molar-refractivity contribution in [2.45, 2.75) is 102 Å². The van der Waals surface area contributed by atoms with Gasteiger partial charge in [0.1, 0.15) is 0 Å². The van der Waals surface area contributed by atoms with E-state index in [0.717, 1.165) is 18.3 Å². The molecule has 0 bridgehead atoms. The summed E-state index contributed by atoms with van der Waals surface area (Å²) in [5, 5.41) is 0. The highest BCUT2D eigenvalue weighted by Gasteiger charge is 2.49. The molecule has 2 nitrogen and oxygen atoms in total. The normalized spacial score (nSPS) is 31.4. The number of anilines is 2. The van der Waals surface area contributed by atoms with Crippen LogP contribution in [0.3, 0.4) is 0 Å². The first-order valence-corrected chi connectivity index (χ1v) is 20.4. The molecule has 2 heteroatoms. The Morgan fingerprint density at radius 1 is 0.706 bits per heavy atom. The molecule has 260 valence electrons. The van der Waals surface area contributed by atoms with E-state index in [1.165, 1.54) is 104 Å². The Kier molecular flexibility index (Phi) is 7.81. The maximum Gasteiger partial charge on any atom is 0.0543 e. The minimum atomic E-state index is -0.0109. The standard InChI is InChI=1S/C49H54N2/c1-49(2)44-21-11-8-19-40(44)41-31-29-37(32-45(41)49)50(35-15-4-3-5-16-35)36-27-24-34(25-28-36)38-17-9-12-22-46(38)51-47-23-13-10-20-42(47)43-30-26-33-14-6-7-18-39(33)48(43)51/h3-5,8-9,11-13,15-16,19,21,23,26-27,29-34,38-39,42,46-47H,6-7,10,14,17-18,20,22,24-25,28H2,1-2H3. The lowest BCUT2D eigenvalue weighted by Gasteiger charge is -2.49. The molecule has 0 aromatic heterocycles. The van der Waals surface area contributed by atoms with Gasteiger partial charge in [-0.1, -0.05) is 118 Å². The van der Waals surface area contributed by atoms with E-state index in [4.69, 9.17) is 0 Å². The van der Waals surface area contributed by atoms with Gasteiger partial charge >= 0.3 is 0 Å². The maximum absolute atomic E-state index is 3.07. The Morgan fingerprint density at radius 2 is 1.53 bits per heavy atom. The zero-order valence-corrected chi connectivity index (χ0v) is 30.7. The third-order valence-electron chi connectivity index (χ3n) is 14.3. The molecule has 1 fully saturated rings. The van der Waals surface area contributed by atoms with Crippen molar-refractivity contribution in [3.05, 3.63) is 143 Å². The number of rotatable bonds is 5. The van der Waals surface area contributed by atoms with Crippen LogP contribution < -0.4 is 4.90 Å². The predicted molar refractivity (Wildman–Crippen MR) is 213 cm³/mol. The molecule has 0 amide bonds. The molecule has 10 rings (SSSR count). The molecule has 0 N–H and O–H groups in total. The Bertz CT molecular complexity index is 1970. The van der Waals surface area contributed by atoms with Crippen LogP contribution in [0.15, 0.2) is 132 Å². The van der Waals surface area contributed by atoms with Crippen molar-refractivity contribution in [2.75, 3.05) is 4.90 Å². The molecule has 7 aliphatic rings. The number of nitrogens with zero attached hydrogens (tertiary/aromatic N) is 2. The third-order valence-corrected chi connectivity index (χ3v) is 14.3. The van der Waals surface area contributed by atoms with Gasteiger partial charge in [0, 0.05) is 46.1 Å². The van der Waals surface area contributed by atoms with Gasteiger partial charge in [-0.25, -0.2) is 0 Å². The van der Waals surface area contributed by atoms with Crippen molar-refractivity contribution in [2.24, 2.45) is 29.6 Å². The van der Waals surface area contributed by atoms with E-state index in [-0.39, 0.29) is 5.41 Å². The lowest BCUT2D eigenvalue weighted by molar-refractivity contribution is 0.0860. The summed E-state index contributed by atoms with van der Waals surface area (Å²) in [5.41, 5.74) is 13.2. The zero-order valence-electron chi connectivity index (χ0n) is 30.7. The predicted octanol–water partition coefficient (Wildman–Crippen LogP) is 12.4. The first-order chi connectivity index (χ1) is 25.1. The number of fused-ring (bicyclic) bond motifs is 7. The molecule has 1 aliphatic heterocycles. The van der Waals surface area contributed by atoms with Gasteiger partial charge in [-0.15, -0.1) is 0 Å². The summed E-state index contributed by atoms with van der Waals surface area (Å²) >= 11 is 0. The fraction of sp³-hybridized carbons (Fsp3) is 0.429. The van der Waals surface area contributed by atoms with Gasteiger partial charge in [0.15, 0.2) is 0 Å². The maximum atomic E-state index is 3.07. The summed E-state index contributed by atoms with van der Waals surface area (Å²) in [6.07, 6.45) is 32.2. The monoisotopic (exact) mass is 670 g/mol. The van der Waals surface area contributed by atoms with Crippen LogP contribution in [0.4, 0.5) is 11.4 Å². The van der Waals surface area contributed by atoms with Crippen LogP contribution >= 0.6 is 0 Å². The molecule has 3 aromatic carbocycles. The number of benzene rings is 3. The average Bonchev–Trinajstić information content (AvgIpc) is 3.64. The quantitative estimate of drug-likeness (QED) is 0.249. The summed E-state index contributed by atoms with van der Waals surface area (Å²) in [6, 6.07) is 28.6. The zero-order chi connectivity index (χ0) is 34.1. The Labute approximate surface area is 306 Å². The molecule has 0 spiro atoms. The van der Waals surface area contributed by atoms with Crippen molar-refractivity contribution in [1.82, 2.24) is 4.90 Å². The number of hydrogen-bond acceptors (Lipinski definition) is 2. The Balaban J connectivity index is 0.970. The second kappa shape index (κ2) is 12.6. The second-order valence-electron chi connectivity index (χ2n) is 17.2. The van der Waals surface area contributed by atoms with E-state index in [0.29, 0.717) is 29.8 Å². The van der Waals surface area contributed by atoms with Crippen LogP contribution in [0.2, 0.25) is 0 Å². The van der Waals surface area contributed by atoms with E-state index in [1.807, 2.05) is 0 Å². The molecular weight excluding hydrogens is 617 g/mol. The highest BCUT2D eigenvalue weighted by Crippen LogP contribution is 2.55. The van der Waals surface area contributed by atoms with Crippen LogP contribution in [-0.4, -0.2) is 17.0 Å². The van der Waals surface area contributed by atoms with E-state index < -0.39 is 0 Å². The summed E-state index contributed by atoms with van der Waals surface area (Å²) in [7, 11) is 0. The SMILES string of the molecule is CC1(C)c2ccccc2-c2ccc(N(C3=CCC(C4CC=CCC4N4C5=C(C=CC6CCCCC56)C5CCC=CC54)CC3)c3ccccc3)cc21. The molecular formula is C49H54N2. The van der Waals surface area contributed by atoms with Gasteiger partial charge in [0.05, 0.1) is 6.04 Å². The van der Waals surface area contributed by atoms with Crippen LogP contribution in [0, 0.1) is 29.6 Å². The van der Waals surface area contributed by atoms with Gasteiger partial charge in [-0.05, 0) is 128 Å². The average molecular weight is 671 g/mol. The van der Waals surface area contributed by atoms with E-state index in [9.17, 15) is 0 Å². The molecule has 3 aromatic rings. The van der Waals surface area contributed by atoms with E-state index >= 15 is 0 Å². The van der Waals surface area contributed by atoms with Gasteiger partial charge in [0.25, 0.3) is 0 Å². The van der Waals surface area contributed by atoms with Gasteiger partial charge in [0.2, 0.25) is 0 Å². The molecule has 0 saturated heterocycles.